The zero-order valence-corrected chi connectivity index (χ0v) is 18.8. The van der Waals surface area contributed by atoms with Gasteiger partial charge in [0.15, 0.2) is 5.76 Å². The molecule has 0 aliphatic carbocycles. The number of carbonyl (C=O) groups is 2. The van der Waals surface area contributed by atoms with Crippen molar-refractivity contribution in [3.8, 4) is 22.8 Å². The van der Waals surface area contributed by atoms with E-state index >= 15 is 0 Å². The number of benzene rings is 3. The highest BCUT2D eigenvalue weighted by Gasteiger charge is 2.21. The third-order valence-electron chi connectivity index (χ3n) is 5.56. The zero-order valence-electron chi connectivity index (χ0n) is 18.8. The number of carbonyl (C=O) groups excluding carboxylic acids is 2. The second kappa shape index (κ2) is 9.53. The Kier molecular flexibility index (Phi) is 6.36. The van der Waals surface area contributed by atoms with Gasteiger partial charge in [0, 0.05) is 23.9 Å². The summed E-state index contributed by atoms with van der Waals surface area (Å²) in [5, 5.41) is 2.89. The van der Waals surface area contributed by atoms with Crippen LogP contribution in [0.1, 0.15) is 21.5 Å². The number of nitrogens with one attached hydrogen (secondary N) is 1. The first-order chi connectivity index (χ1) is 15.9. The molecule has 4 rings (SSSR count). The largest absolute Gasteiger partial charge is 0.436 e. The van der Waals surface area contributed by atoms with Crippen LogP contribution in [-0.2, 0) is 4.79 Å². The normalized spacial score (nSPS) is 10.6. The molecular formula is C27H25N3O3. The summed E-state index contributed by atoms with van der Waals surface area (Å²) in [6.07, 6.45) is 1.65. The second-order valence-corrected chi connectivity index (χ2v) is 7.90. The summed E-state index contributed by atoms with van der Waals surface area (Å²) in [6, 6.07) is 22.5. The number of likely N-dealkylation sites (N-methyl/N-ethyl adjacent to an activating group) is 1. The minimum Gasteiger partial charge on any atom is -0.436 e. The molecule has 0 aliphatic heterocycles. The van der Waals surface area contributed by atoms with Crippen LogP contribution in [0.5, 0.6) is 0 Å². The van der Waals surface area contributed by atoms with E-state index < -0.39 is 0 Å². The number of aryl methyl sites for hydroxylation is 1. The maximum Gasteiger partial charge on any atom is 0.254 e. The fourth-order valence-corrected chi connectivity index (χ4v) is 3.56. The van der Waals surface area contributed by atoms with E-state index in [4.69, 9.17) is 4.42 Å². The zero-order chi connectivity index (χ0) is 23.4. The van der Waals surface area contributed by atoms with Crippen LogP contribution in [0.4, 0.5) is 5.69 Å². The van der Waals surface area contributed by atoms with E-state index in [0.717, 1.165) is 22.4 Å². The minimum absolute atomic E-state index is 0.0819. The van der Waals surface area contributed by atoms with Gasteiger partial charge >= 0.3 is 0 Å². The van der Waals surface area contributed by atoms with Crippen molar-refractivity contribution in [3.05, 3.63) is 95.7 Å². The molecule has 0 spiro atoms. The van der Waals surface area contributed by atoms with Crippen molar-refractivity contribution in [2.45, 2.75) is 13.8 Å². The van der Waals surface area contributed by atoms with Crippen molar-refractivity contribution in [1.82, 2.24) is 9.88 Å². The van der Waals surface area contributed by atoms with Crippen molar-refractivity contribution in [3.63, 3.8) is 0 Å². The molecule has 1 N–H and O–H groups in total. The molecule has 0 atom stereocenters. The molecule has 0 radical (unpaired) electrons. The van der Waals surface area contributed by atoms with Crippen LogP contribution in [-0.4, -0.2) is 35.3 Å². The average molecular weight is 440 g/mol. The number of oxazole rings is 1. The first-order valence-electron chi connectivity index (χ1n) is 10.7. The number of nitrogens with zero attached hydrogens (tertiary/aromatic N) is 2. The molecule has 0 aliphatic rings. The van der Waals surface area contributed by atoms with Gasteiger partial charge in [-0.3, -0.25) is 9.59 Å². The quantitative estimate of drug-likeness (QED) is 0.440. The van der Waals surface area contributed by atoms with E-state index in [1.54, 1.807) is 31.4 Å². The molecule has 0 fully saturated rings. The molecule has 1 aromatic heterocycles. The Morgan fingerprint density at radius 1 is 0.939 bits per heavy atom. The molecule has 33 heavy (non-hydrogen) atoms. The number of anilines is 1. The summed E-state index contributed by atoms with van der Waals surface area (Å²) in [4.78, 5) is 31.6. The Morgan fingerprint density at radius 3 is 2.45 bits per heavy atom. The van der Waals surface area contributed by atoms with Gasteiger partial charge in [-0.05, 0) is 43.2 Å². The van der Waals surface area contributed by atoms with Crippen molar-refractivity contribution in [1.29, 1.82) is 0 Å². The average Bonchev–Trinajstić information content (AvgIpc) is 3.32. The van der Waals surface area contributed by atoms with Gasteiger partial charge in [-0.2, -0.15) is 0 Å². The van der Waals surface area contributed by atoms with E-state index in [2.05, 4.69) is 10.3 Å². The van der Waals surface area contributed by atoms with Crippen molar-refractivity contribution < 1.29 is 14.0 Å². The maximum absolute atomic E-state index is 13.2. The Labute approximate surface area is 192 Å². The lowest BCUT2D eigenvalue weighted by Gasteiger charge is -2.19. The lowest BCUT2D eigenvalue weighted by molar-refractivity contribution is -0.116. The van der Waals surface area contributed by atoms with E-state index in [1.807, 2.05) is 68.4 Å². The van der Waals surface area contributed by atoms with E-state index in [9.17, 15) is 9.59 Å². The number of hydrogen-bond donors (Lipinski definition) is 1. The van der Waals surface area contributed by atoms with Gasteiger partial charge in [0.05, 0.1) is 18.3 Å². The van der Waals surface area contributed by atoms with Gasteiger partial charge < -0.3 is 14.6 Å². The first kappa shape index (κ1) is 22.0. The number of hydrogen-bond acceptors (Lipinski definition) is 4. The molecule has 3 aromatic carbocycles. The SMILES string of the molecule is Cc1cccc(NC(=O)CN(C)C(=O)c2ccccc2-c2ncc(-c3ccccc3)o2)c1C. The molecular weight excluding hydrogens is 414 g/mol. The molecule has 2 amide bonds. The van der Waals surface area contributed by atoms with Crippen LogP contribution >= 0.6 is 0 Å². The molecule has 0 bridgehead atoms. The molecule has 4 aromatic rings. The molecule has 6 nitrogen and oxygen atoms in total. The van der Waals surface area contributed by atoms with Crippen LogP contribution in [0.15, 0.2) is 83.4 Å². The Balaban J connectivity index is 1.52. The summed E-state index contributed by atoms with van der Waals surface area (Å²) in [7, 11) is 1.60. The maximum atomic E-state index is 13.2. The first-order valence-corrected chi connectivity index (χ1v) is 10.7. The molecule has 1 heterocycles. The number of rotatable bonds is 6. The van der Waals surface area contributed by atoms with Gasteiger partial charge in [-0.15, -0.1) is 0 Å². The lowest BCUT2D eigenvalue weighted by atomic mass is 10.1. The fraction of sp³-hybridized carbons (Fsp3) is 0.148. The highest BCUT2D eigenvalue weighted by atomic mass is 16.4. The van der Waals surface area contributed by atoms with Crippen LogP contribution in [0, 0.1) is 13.8 Å². The van der Waals surface area contributed by atoms with Crippen LogP contribution in [0.2, 0.25) is 0 Å². The van der Waals surface area contributed by atoms with Gasteiger partial charge in [0.2, 0.25) is 11.8 Å². The molecule has 0 saturated carbocycles. The monoisotopic (exact) mass is 439 g/mol. The van der Waals surface area contributed by atoms with Crippen molar-refractivity contribution in [2.75, 3.05) is 18.9 Å². The summed E-state index contributed by atoms with van der Waals surface area (Å²) < 4.78 is 5.95. The summed E-state index contributed by atoms with van der Waals surface area (Å²) >= 11 is 0. The highest BCUT2D eigenvalue weighted by Crippen LogP contribution is 2.28. The van der Waals surface area contributed by atoms with Crippen molar-refractivity contribution >= 4 is 17.5 Å². The topological polar surface area (TPSA) is 75.4 Å². The Morgan fingerprint density at radius 2 is 1.67 bits per heavy atom. The van der Waals surface area contributed by atoms with Crippen LogP contribution in [0.3, 0.4) is 0 Å². The smallest absolute Gasteiger partial charge is 0.254 e. The minimum atomic E-state index is -0.291. The predicted molar refractivity (Wildman–Crippen MR) is 129 cm³/mol. The van der Waals surface area contributed by atoms with Crippen molar-refractivity contribution in [2.24, 2.45) is 0 Å². The number of amides is 2. The standard InChI is InChI=1S/C27H25N3O3/c1-18-10-9-15-23(19(18)2)29-25(31)17-30(3)27(32)22-14-8-7-13-21(22)26-28-16-24(33-26)20-11-5-4-6-12-20/h4-16H,17H2,1-3H3,(H,29,31). The third kappa shape index (κ3) is 4.85. The van der Waals surface area contributed by atoms with Crippen LogP contribution in [0.25, 0.3) is 22.8 Å². The van der Waals surface area contributed by atoms with Gasteiger partial charge in [0.25, 0.3) is 5.91 Å². The van der Waals surface area contributed by atoms with Gasteiger partial charge in [0.1, 0.15) is 0 Å². The van der Waals surface area contributed by atoms with E-state index in [0.29, 0.717) is 22.8 Å². The summed E-state index contributed by atoms with van der Waals surface area (Å²) in [6.45, 7) is 3.86. The summed E-state index contributed by atoms with van der Waals surface area (Å²) in [5.74, 6) is 0.417. The van der Waals surface area contributed by atoms with E-state index in [1.165, 1.54) is 4.90 Å². The molecule has 166 valence electrons. The third-order valence-corrected chi connectivity index (χ3v) is 5.56. The molecule has 0 unspecified atom stereocenters. The molecule has 0 saturated heterocycles. The predicted octanol–water partition coefficient (Wildman–Crippen LogP) is 5.34. The Bertz CT molecular complexity index is 1290. The van der Waals surface area contributed by atoms with Crippen LogP contribution < -0.4 is 5.32 Å². The summed E-state index contributed by atoms with van der Waals surface area (Å²) in [5.41, 5.74) is 4.73. The molecule has 6 heteroatoms. The lowest BCUT2D eigenvalue weighted by Crippen LogP contribution is -2.35. The highest BCUT2D eigenvalue weighted by molar-refractivity contribution is 6.03. The number of aromatic nitrogens is 1. The fourth-order valence-electron chi connectivity index (χ4n) is 3.56. The second-order valence-electron chi connectivity index (χ2n) is 7.90. The van der Waals surface area contributed by atoms with E-state index in [-0.39, 0.29) is 18.4 Å². The van der Waals surface area contributed by atoms with Gasteiger partial charge in [-0.25, -0.2) is 4.98 Å². The Hall–Kier alpha value is -4.19. The van der Waals surface area contributed by atoms with Gasteiger partial charge in [-0.1, -0.05) is 54.6 Å².